The fraction of sp³-hybridized carbons (Fsp3) is 0.273. The molecule has 0 saturated heterocycles. The van der Waals surface area contributed by atoms with Gasteiger partial charge in [-0.3, -0.25) is 4.79 Å². The van der Waals surface area contributed by atoms with Crippen molar-refractivity contribution in [1.82, 2.24) is 5.32 Å². The van der Waals surface area contributed by atoms with Crippen molar-refractivity contribution in [2.24, 2.45) is 0 Å². The molecule has 0 fully saturated rings. The van der Waals surface area contributed by atoms with Gasteiger partial charge in [-0.05, 0) is 38.0 Å². The van der Waals surface area contributed by atoms with Crippen molar-refractivity contribution >= 4 is 28.5 Å². The van der Waals surface area contributed by atoms with Crippen LogP contribution >= 0.6 is 11.6 Å². The average Bonchev–Trinajstić information content (AvgIpc) is 2.72. The number of aliphatic hydroxyl groups excluding tert-OH is 1. The van der Waals surface area contributed by atoms with Crippen LogP contribution in [0.5, 0.6) is 5.75 Å². The second-order valence-electron chi connectivity index (χ2n) is 6.85. The van der Waals surface area contributed by atoms with E-state index in [9.17, 15) is 14.7 Å². The van der Waals surface area contributed by atoms with Crippen LogP contribution in [-0.4, -0.2) is 23.7 Å². The molecule has 7 heteroatoms. The maximum atomic E-state index is 12.3. The minimum atomic E-state index is -0.869. The van der Waals surface area contributed by atoms with Gasteiger partial charge < -0.3 is 19.6 Å². The van der Waals surface area contributed by atoms with Gasteiger partial charge in [0.1, 0.15) is 11.3 Å². The van der Waals surface area contributed by atoms with Gasteiger partial charge in [0.05, 0.1) is 11.1 Å². The second-order valence-corrected chi connectivity index (χ2v) is 7.26. The number of fused-ring (bicyclic) bond motifs is 1. The summed E-state index contributed by atoms with van der Waals surface area (Å²) in [6.45, 7) is 5.13. The van der Waals surface area contributed by atoms with Crippen LogP contribution in [0.2, 0.25) is 5.02 Å². The van der Waals surface area contributed by atoms with Crippen molar-refractivity contribution in [1.29, 1.82) is 0 Å². The summed E-state index contributed by atoms with van der Waals surface area (Å²) in [6.07, 6.45) is -1.69. The Morgan fingerprint density at radius 2 is 1.90 bits per heavy atom. The molecule has 0 spiro atoms. The molecule has 2 N–H and O–H groups in total. The largest absolute Gasteiger partial charge is 0.479 e. The van der Waals surface area contributed by atoms with E-state index in [2.05, 4.69) is 5.32 Å². The van der Waals surface area contributed by atoms with Gasteiger partial charge in [0.25, 0.3) is 5.91 Å². The Bertz CT molecular complexity index is 1090. The fourth-order valence-electron chi connectivity index (χ4n) is 2.91. The molecular weight excluding hydrogens is 394 g/mol. The molecule has 1 heterocycles. The summed E-state index contributed by atoms with van der Waals surface area (Å²) in [6, 6.07) is 12.2. The highest BCUT2D eigenvalue weighted by Crippen LogP contribution is 2.32. The van der Waals surface area contributed by atoms with Crippen LogP contribution in [0.25, 0.3) is 11.0 Å². The van der Waals surface area contributed by atoms with Crippen LogP contribution < -0.4 is 15.7 Å². The first kappa shape index (κ1) is 20.9. The first-order valence-electron chi connectivity index (χ1n) is 9.19. The first-order chi connectivity index (χ1) is 13.8. The van der Waals surface area contributed by atoms with Gasteiger partial charge in [0.15, 0.2) is 6.10 Å². The third-order valence-corrected chi connectivity index (χ3v) is 5.13. The topological polar surface area (TPSA) is 88.8 Å². The average molecular weight is 416 g/mol. The molecule has 29 heavy (non-hydrogen) atoms. The molecule has 0 aliphatic carbocycles. The SMILES string of the molecule is Cc1c(C)c2cc(Cl)c(O[C@@H](C)C(=O)NC[C@@H](O)c3ccccc3)cc2oc1=O. The van der Waals surface area contributed by atoms with E-state index in [-0.39, 0.29) is 12.3 Å². The van der Waals surface area contributed by atoms with Crippen molar-refractivity contribution in [2.45, 2.75) is 33.0 Å². The number of amides is 1. The minimum Gasteiger partial charge on any atom is -0.479 e. The zero-order chi connectivity index (χ0) is 21.1. The van der Waals surface area contributed by atoms with Crippen LogP contribution in [0.1, 0.15) is 29.7 Å². The highest BCUT2D eigenvalue weighted by atomic mass is 35.5. The van der Waals surface area contributed by atoms with Crippen LogP contribution in [0.3, 0.4) is 0 Å². The smallest absolute Gasteiger partial charge is 0.339 e. The van der Waals surface area contributed by atoms with E-state index in [0.29, 0.717) is 27.1 Å². The number of aryl methyl sites for hydroxylation is 1. The Kier molecular flexibility index (Phi) is 6.25. The maximum absolute atomic E-state index is 12.3. The van der Waals surface area contributed by atoms with E-state index in [4.69, 9.17) is 20.8 Å². The number of carbonyl (C=O) groups excluding carboxylic acids is 1. The Morgan fingerprint density at radius 1 is 1.21 bits per heavy atom. The second kappa shape index (κ2) is 8.68. The molecule has 3 rings (SSSR count). The van der Waals surface area contributed by atoms with E-state index in [0.717, 1.165) is 5.56 Å². The fourth-order valence-corrected chi connectivity index (χ4v) is 3.12. The monoisotopic (exact) mass is 415 g/mol. The van der Waals surface area contributed by atoms with Crippen LogP contribution in [-0.2, 0) is 4.79 Å². The zero-order valence-corrected chi connectivity index (χ0v) is 17.1. The maximum Gasteiger partial charge on any atom is 0.339 e. The molecule has 2 aromatic carbocycles. The predicted octanol–water partition coefficient (Wildman–Crippen LogP) is 3.68. The van der Waals surface area contributed by atoms with E-state index in [1.807, 2.05) is 25.1 Å². The summed E-state index contributed by atoms with van der Waals surface area (Å²) < 4.78 is 11.0. The molecule has 0 aliphatic heterocycles. The number of rotatable bonds is 6. The summed E-state index contributed by atoms with van der Waals surface area (Å²) in [5, 5.41) is 13.8. The van der Waals surface area contributed by atoms with E-state index >= 15 is 0 Å². The molecule has 1 amide bonds. The number of halogens is 1. The molecule has 0 saturated carbocycles. The number of nitrogens with one attached hydrogen (secondary N) is 1. The third kappa shape index (κ3) is 4.60. The molecule has 0 unspecified atom stereocenters. The lowest BCUT2D eigenvalue weighted by Gasteiger charge is -2.18. The van der Waals surface area contributed by atoms with E-state index in [1.165, 1.54) is 6.07 Å². The predicted molar refractivity (Wildman–Crippen MR) is 111 cm³/mol. The molecule has 152 valence electrons. The van der Waals surface area contributed by atoms with Crippen molar-refractivity contribution in [3.8, 4) is 5.75 Å². The zero-order valence-electron chi connectivity index (χ0n) is 16.4. The third-order valence-electron chi connectivity index (χ3n) is 4.84. The van der Waals surface area contributed by atoms with Gasteiger partial charge in [-0.15, -0.1) is 0 Å². The van der Waals surface area contributed by atoms with E-state index in [1.54, 1.807) is 32.0 Å². The number of ether oxygens (including phenoxy) is 1. The normalized spacial score (nSPS) is 13.1. The first-order valence-corrected chi connectivity index (χ1v) is 9.56. The Labute approximate surface area is 173 Å². The van der Waals surface area contributed by atoms with Crippen molar-refractivity contribution in [2.75, 3.05) is 6.54 Å². The Morgan fingerprint density at radius 3 is 2.59 bits per heavy atom. The van der Waals surface area contributed by atoms with Gasteiger partial charge in [-0.2, -0.15) is 0 Å². The summed E-state index contributed by atoms with van der Waals surface area (Å²) in [4.78, 5) is 24.3. The van der Waals surface area contributed by atoms with Crippen LogP contribution in [0.4, 0.5) is 0 Å². The molecule has 1 aromatic heterocycles. The van der Waals surface area contributed by atoms with Crippen LogP contribution in [0, 0.1) is 13.8 Å². The summed E-state index contributed by atoms with van der Waals surface area (Å²) in [7, 11) is 0. The molecule has 6 nitrogen and oxygen atoms in total. The van der Waals surface area contributed by atoms with Crippen molar-refractivity contribution < 1.29 is 19.1 Å². The van der Waals surface area contributed by atoms with Gasteiger partial charge in [-0.25, -0.2) is 4.79 Å². The molecule has 0 radical (unpaired) electrons. The number of aliphatic hydroxyl groups is 1. The lowest BCUT2D eigenvalue weighted by atomic mass is 10.1. The van der Waals surface area contributed by atoms with Crippen molar-refractivity contribution in [3.63, 3.8) is 0 Å². The van der Waals surface area contributed by atoms with Gasteiger partial charge in [-0.1, -0.05) is 41.9 Å². The summed E-state index contributed by atoms with van der Waals surface area (Å²) >= 11 is 6.31. The number of carbonyl (C=O) groups is 1. The minimum absolute atomic E-state index is 0.0509. The Balaban J connectivity index is 1.71. The molecule has 2 atom stereocenters. The lowest BCUT2D eigenvalue weighted by Crippen LogP contribution is -2.38. The standard InChI is InChI=1S/C22H22ClNO5/c1-12-13(2)22(27)29-19-10-20(17(23)9-16(12)19)28-14(3)21(26)24-11-18(25)15-7-5-4-6-8-15/h4-10,14,18,25H,11H2,1-3H3,(H,24,26)/t14-,18+/m0/s1. The van der Waals surface area contributed by atoms with E-state index < -0.39 is 23.7 Å². The summed E-state index contributed by atoms with van der Waals surface area (Å²) in [5.41, 5.74) is 1.92. The highest BCUT2D eigenvalue weighted by Gasteiger charge is 2.19. The number of hydrogen-bond donors (Lipinski definition) is 2. The number of benzene rings is 2. The quantitative estimate of drug-likeness (QED) is 0.599. The number of hydrogen-bond acceptors (Lipinski definition) is 5. The molecule has 0 aliphatic rings. The summed E-state index contributed by atoms with van der Waals surface area (Å²) in [5.74, 6) is -0.172. The Hall–Kier alpha value is -2.83. The highest BCUT2D eigenvalue weighted by molar-refractivity contribution is 6.32. The molecular formula is C22H22ClNO5. The van der Waals surface area contributed by atoms with Gasteiger partial charge in [0.2, 0.25) is 0 Å². The lowest BCUT2D eigenvalue weighted by molar-refractivity contribution is -0.127. The van der Waals surface area contributed by atoms with Gasteiger partial charge >= 0.3 is 5.63 Å². The van der Waals surface area contributed by atoms with Gasteiger partial charge in [0, 0.05) is 23.6 Å². The van der Waals surface area contributed by atoms with Crippen LogP contribution in [0.15, 0.2) is 51.7 Å². The molecule has 3 aromatic rings. The molecule has 0 bridgehead atoms. The van der Waals surface area contributed by atoms with Crippen molar-refractivity contribution in [3.05, 3.63) is 74.6 Å².